The van der Waals surface area contributed by atoms with E-state index in [0.29, 0.717) is 5.92 Å². The molecule has 0 aliphatic heterocycles. The lowest BCUT2D eigenvalue weighted by atomic mass is 9.93. The summed E-state index contributed by atoms with van der Waals surface area (Å²) in [5, 5.41) is 3.52. The molecule has 2 nitrogen and oxygen atoms in total. The van der Waals surface area contributed by atoms with E-state index >= 15 is 0 Å². The predicted octanol–water partition coefficient (Wildman–Crippen LogP) is 4.59. The van der Waals surface area contributed by atoms with E-state index in [4.69, 9.17) is 4.42 Å². The van der Waals surface area contributed by atoms with Gasteiger partial charge in [0.15, 0.2) is 0 Å². The maximum Gasteiger partial charge on any atom is 0.111 e. The molecule has 1 atom stereocenters. The minimum atomic E-state index is 0.305. The summed E-state index contributed by atoms with van der Waals surface area (Å²) in [6, 6.07) is 25.1. The number of benzene rings is 2. The molecular formula is C20H21NO. The van der Waals surface area contributed by atoms with Crippen LogP contribution in [0.15, 0.2) is 83.5 Å². The molecular weight excluding hydrogens is 270 g/mol. The van der Waals surface area contributed by atoms with E-state index in [-0.39, 0.29) is 0 Å². The lowest BCUT2D eigenvalue weighted by molar-refractivity contribution is 0.466. The van der Waals surface area contributed by atoms with Crippen LogP contribution in [0.25, 0.3) is 0 Å². The van der Waals surface area contributed by atoms with Gasteiger partial charge in [0.25, 0.3) is 0 Å². The summed E-state index contributed by atoms with van der Waals surface area (Å²) in [5.74, 6) is 1.34. The van der Waals surface area contributed by atoms with E-state index in [1.807, 2.05) is 12.1 Å². The maximum absolute atomic E-state index is 5.64. The Morgan fingerprint density at radius 1 is 0.818 bits per heavy atom. The minimum Gasteiger partial charge on any atom is -0.469 e. The molecule has 0 aliphatic rings. The molecule has 0 saturated carbocycles. The summed E-state index contributed by atoms with van der Waals surface area (Å²) in [4.78, 5) is 0. The Kier molecular flexibility index (Phi) is 5.06. The second kappa shape index (κ2) is 7.62. The largest absolute Gasteiger partial charge is 0.469 e. The molecule has 0 spiro atoms. The molecule has 3 aromatic rings. The molecule has 3 rings (SSSR count). The van der Waals surface area contributed by atoms with E-state index in [0.717, 1.165) is 25.3 Å². The first kappa shape index (κ1) is 14.6. The first-order valence-corrected chi connectivity index (χ1v) is 7.76. The van der Waals surface area contributed by atoms with Gasteiger partial charge < -0.3 is 9.73 Å². The van der Waals surface area contributed by atoms with Crippen molar-refractivity contribution in [1.82, 2.24) is 5.32 Å². The standard InChI is InChI=1S/C20H21NO/c1-3-8-17(9-4-1)16-21-14-13-19(20-12-7-15-22-20)18-10-5-2-6-11-18/h1-12,15,19,21H,13-14,16H2. The third kappa shape index (κ3) is 3.86. The van der Waals surface area contributed by atoms with Crippen LogP contribution in [-0.2, 0) is 6.54 Å². The zero-order chi connectivity index (χ0) is 15.0. The maximum atomic E-state index is 5.64. The Hall–Kier alpha value is -2.32. The molecule has 22 heavy (non-hydrogen) atoms. The number of hydrogen-bond donors (Lipinski definition) is 1. The Balaban J connectivity index is 1.59. The van der Waals surface area contributed by atoms with Gasteiger partial charge in [-0.1, -0.05) is 60.7 Å². The zero-order valence-electron chi connectivity index (χ0n) is 12.6. The van der Waals surface area contributed by atoms with Crippen molar-refractivity contribution in [2.75, 3.05) is 6.54 Å². The van der Waals surface area contributed by atoms with Crippen molar-refractivity contribution in [2.45, 2.75) is 18.9 Å². The molecule has 0 amide bonds. The molecule has 1 N–H and O–H groups in total. The Labute approximate surface area is 131 Å². The van der Waals surface area contributed by atoms with Crippen molar-refractivity contribution in [3.05, 3.63) is 95.9 Å². The van der Waals surface area contributed by atoms with Crippen LogP contribution in [0, 0.1) is 0 Å². The summed E-state index contributed by atoms with van der Waals surface area (Å²) in [6.45, 7) is 1.86. The number of furan rings is 1. The van der Waals surface area contributed by atoms with Gasteiger partial charge in [-0.25, -0.2) is 0 Å². The van der Waals surface area contributed by atoms with Gasteiger partial charge >= 0.3 is 0 Å². The molecule has 0 aliphatic carbocycles. The average Bonchev–Trinajstić information content (AvgIpc) is 3.11. The highest BCUT2D eigenvalue weighted by Gasteiger charge is 2.16. The topological polar surface area (TPSA) is 25.2 Å². The number of rotatable bonds is 7. The van der Waals surface area contributed by atoms with Gasteiger partial charge in [0.1, 0.15) is 5.76 Å². The molecule has 0 radical (unpaired) electrons. The van der Waals surface area contributed by atoms with Crippen molar-refractivity contribution in [2.24, 2.45) is 0 Å². The molecule has 0 saturated heterocycles. The molecule has 0 bridgehead atoms. The normalized spacial score (nSPS) is 12.2. The van der Waals surface area contributed by atoms with Crippen molar-refractivity contribution < 1.29 is 4.42 Å². The summed E-state index contributed by atoms with van der Waals surface area (Å²) in [6.07, 6.45) is 2.77. The van der Waals surface area contributed by atoms with Gasteiger partial charge in [-0.3, -0.25) is 0 Å². The van der Waals surface area contributed by atoms with Crippen molar-refractivity contribution in [1.29, 1.82) is 0 Å². The first-order chi connectivity index (χ1) is 10.9. The molecule has 1 aromatic heterocycles. The fourth-order valence-corrected chi connectivity index (χ4v) is 2.72. The van der Waals surface area contributed by atoms with Crippen molar-refractivity contribution in [3.8, 4) is 0 Å². The van der Waals surface area contributed by atoms with Gasteiger partial charge in [0.2, 0.25) is 0 Å². The van der Waals surface area contributed by atoms with Crippen LogP contribution in [0.1, 0.15) is 29.2 Å². The van der Waals surface area contributed by atoms with E-state index in [9.17, 15) is 0 Å². The van der Waals surface area contributed by atoms with E-state index in [2.05, 4.69) is 66.0 Å². The summed E-state index contributed by atoms with van der Waals surface area (Å²) in [7, 11) is 0. The Morgan fingerprint density at radius 3 is 2.23 bits per heavy atom. The van der Waals surface area contributed by atoms with Crippen LogP contribution in [0.2, 0.25) is 0 Å². The zero-order valence-corrected chi connectivity index (χ0v) is 12.6. The van der Waals surface area contributed by atoms with Gasteiger partial charge in [0.05, 0.1) is 6.26 Å². The second-order valence-corrected chi connectivity index (χ2v) is 5.43. The quantitative estimate of drug-likeness (QED) is 0.644. The summed E-state index contributed by atoms with van der Waals surface area (Å²) >= 11 is 0. The SMILES string of the molecule is c1ccc(CNCCC(c2ccccc2)c2ccco2)cc1. The highest BCUT2D eigenvalue weighted by Crippen LogP contribution is 2.27. The molecule has 2 aromatic carbocycles. The number of nitrogens with one attached hydrogen (secondary N) is 1. The molecule has 112 valence electrons. The summed E-state index contributed by atoms with van der Waals surface area (Å²) < 4.78 is 5.64. The third-order valence-corrected chi connectivity index (χ3v) is 3.87. The predicted molar refractivity (Wildman–Crippen MR) is 89.8 cm³/mol. The van der Waals surface area contributed by atoms with Crippen LogP contribution >= 0.6 is 0 Å². The van der Waals surface area contributed by atoms with E-state index < -0.39 is 0 Å². The number of hydrogen-bond acceptors (Lipinski definition) is 2. The molecule has 2 heteroatoms. The monoisotopic (exact) mass is 291 g/mol. The van der Waals surface area contributed by atoms with Gasteiger partial charge in [-0.15, -0.1) is 0 Å². The van der Waals surface area contributed by atoms with Crippen LogP contribution < -0.4 is 5.32 Å². The van der Waals surface area contributed by atoms with Crippen LogP contribution in [0.4, 0.5) is 0 Å². The van der Waals surface area contributed by atoms with Crippen molar-refractivity contribution in [3.63, 3.8) is 0 Å². The highest BCUT2D eigenvalue weighted by molar-refractivity contribution is 5.27. The molecule has 0 fully saturated rings. The smallest absolute Gasteiger partial charge is 0.111 e. The van der Waals surface area contributed by atoms with Crippen LogP contribution in [0.5, 0.6) is 0 Å². The minimum absolute atomic E-state index is 0.305. The Morgan fingerprint density at radius 2 is 1.55 bits per heavy atom. The van der Waals surface area contributed by atoms with E-state index in [1.165, 1.54) is 11.1 Å². The highest BCUT2D eigenvalue weighted by atomic mass is 16.3. The first-order valence-electron chi connectivity index (χ1n) is 7.76. The third-order valence-electron chi connectivity index (χ3n) is 3.87. The van der Waals surface area contributed by atoms with Crippen LogP contribution in [0.3, 0.4) is 0 Å². The summed E-state index contributed by atoms with van der Waals surface area (Å²) in [5.41, 5.74) is 2.62. The van der Waals surface area contributed by atoms with Gasteiger partial charge in [-0.2, -0.15) is 0 Å². The average molecular weight is 291 g/mol. The fraction of sp³-hybridized carbons (Fsp3) is 0.200. The van der Waals surface area contributed by atoms with Crippen LogP contribution in [-0.4, -0.2) is 6.54 Å². The molecule has 1 unspecified atom stereocenters. The van der Waals surface area contributed by atoms with E-state index in [1.54, 1.807) is 6.26 Å². The molecule has 1 heterocycles. The lowest BCUT2D eigenvalue weighted by Crippen LogP contribution is -2.17. The lowest BCUT2D eigenvalue weighted by Gasteiger charge is -2.15. The van der Waals surface area contributed by atoms with Gasteiger partial charge in [0, 0.05) is 12.5 Å². The van der Waals surface area contributed by atoms with Gasteiger partial charge in [-0.05, 0) is 36.2 Å². The second-order valence-electron chi connectivity index (χ2n) is 5.43. The fourth-order valence-electron chi connectivity index (χ4n) is 2.72. The van der Waals surface area contributed by atoms with Crippen molar-refractivity contribution >= 4 is 0 Å². The Bertz CT molecular complexity index is 647.